The molecule has 2 amide bonds. The second-order valence-corrected chi connectivity index (χ2v) is 8.85. The average molecular weight is 439 g/mol. The predicted molar refractivity (Wildman–Crippen MR) is 120 cm³/mol. The van der Waals surface area contributed by atoms with E-state index >= 15 is 0 Å². The van der Waals surface area contributed by atoms with Gasteiger partial charge in [0.1, 0.15) is 11.2 Å². The molecule has 2 aromatic rings. The van der Waals surface area contributed by atoms with Crippen molar-refractivity contribution >= 4 is 23.5 Å². The Bertz CT molecular complexity index is 1020. The first kappa shape index (κ1) is 22.0. The standard InChI is InChI=1S/C24H30N4O4/c1-4-32-22(30)19-14-20-21(29)28(18-12-10-16(2)11-13-18)24(3,15-27(20)26-19)23(31)25-17-8-6-5-7-9-17/h10-14,17H,4-9,15H2,1-3H3,(H,25,31)/t24-/m0/s1. The van der Waals surface area contributed by atoms with E-state index in [2.05, 4.69) is 10.4 Å². The van der Waals surface area contributed by atoms with Gasteiger partial charge in [0.2, 0.25) is 5.91 Å². The number of fused-ring (bicyclic) bond motifs is 1. The molecule has 1 aromatic heterocycles. The van der Waals surface area contributed by atoms with Crippen molar-refractivity contribution in [3.8, 4) is 0 Å². The first-order valence-electron chi connectivity index (χ1n) is 11.3. The van der Waals surface area contributed by atoms with Gasteiger partial charge < -0.3 is 10.1 Å². The predicted octanol–water partition coefficient (Wildman–Crippen LogP) is 3.24. The van der Waals surface area contributed by atoms with E-state index in [-0.39, 0.29) is 42.4 Å². The van der Waals surface area contributed by atoms with E-state index in [1.807, 2.05) is 31.2 Å². The van der Waals surface area contributed by atoms with Crippen LogP contribution >= 0.6 is 0 Å². The highest BCUT2D eigenvalue weighted by atomic mass is 16.5. The van der Waals surface area contributed by atoms with Crippen molar-refractivity contribution in [2.75, 3.05) is 11.5 Å². The number of benzene rings is 1. The Hall–Kier alpha value is -3.16. The molecule has 0 radical (unpaired) electrons. The Morgan fingerprint density at radius 1 is 1.19 bits per heavy atom. The number of carbonyl (C=O) groups excluding carboxylic acids is 3. The second kappa shape index (κ2) is 8.76. The zero-order valence-electron chi connectivity index (χ0n) is 18.9. The minimum atomic E-state index is -1.20. The summed E-state index contributed by atoms with van der Waals surface area (Å²) in [6.45, 7) is 5.80. The minimum Gasteiger partial charge on any atom is -0.461 e. The van der Waals surface area contributed by atoms with Gasteiger partial charge in [-0.15, -0.1) is 0 Å². The number of aromatic nitrogens is 2. The van der Waals surface area contributed by atoms with Crippen LogP contribution in [0.3, 0.4) is 0 Å². The number of aryl methyl sites for hydroxylation is 1. The highest BCUT2D eigenvalue weighted by molar-refractivity contribution is 6.12. The Kier molecular flexibility index (Phi) is 6.04. The molecule has 0 unspecified atom stereocenters. The molecular formula is C24H30N4O4. The molecule has 1 atom stereocenters. The lowest BCUT2D eigenvalue weighted by Gasteiger charge is -2.44. The summed E-state index contributed by atoms with van der Waals surface area (Å²) in [5.74, 6) is -1.17. The number of nitrogens with one attached hydrogen (secondary N) is 1. The van der Waals surface area contributed by atoms with Crippen LogP contribution < -0.4 is 10.2 Å². The molecule has 8 heteroatoms. The lowest BCUT2D eigenvalue weighted by molar-refractivity contribution is -0.127. The highest BCUT2D eigenvalue weighted by Gasteiger charge is 2.49. The van der Waals surface area contributed by atoms with Crippen LogP contribution in [0.15, 0.2) is 30.3 Å². The normalized spacial score (nSPS) is 21.2. The average Bonchev–Trinajstić information content (AvgIpc) is 3.20. The Labute approximate surface area is 187 Å². The lowest BCUT2D eigenvalue weighted by Crippen LogP contribution is -2.65. The first-order valence-corrected chi connectivity index (χ1v) is 11.3. The molecule has 1 aliphatic heterocycles. The first-order chi connectivity index (χ1) is 15.3. The number of hydrogen-bond donors (Lipinski definition) is 1. The molecule has 1 aromatic carbocycles. The maximum Gasteiger partial charge on any atom is 0.358 e. The fourth-order valence-corrected chi connectivity index (χ4v) is 4.57. The van der Waals surface area contributed by atoms with Crippen LogP contribution in [0.2, 0.25) is 0 Å². The summed E-state index contributed by atoms with van der Waals surface area (Å²) in [4.78, 5) is 41.0. The topological polar surface area (TPSA) is 93.5 Å². The number of esters is 1. The van der Waals surface area contributed by atoms with Gasteiger partial charge in [0.25, 0.3) is 5.91 Å². The van der Waals surface area contributed by atoms with Crippen molar-refractivity contribution in [1.82, 2.24) is 15.1 Å². The van der Waals surface area contributed by atoms with Crippen LogP contribution in [0.25, 0.3) is 0 Å². The molecule has 0 spiro atoms. The van der Waals surface area contributed by atoms with Crippen molar-refractivity contribution in [2.24, 2.45) is 0 Å². The quantitative estimate of drug-likeness (QED) is 0.724. The molecule has 2 aliphatic rings. The molecule has 4 rings (SSSR count). The van der Waals surface area contributed by atoms with Crippen LogP contribution in [-0.2, 0) is 16.1 Å². The zero-order chi connectivity index (χ0) is 22.9. The second-order valence-electron chi connectivity index (χ2n) is 8.85. The summed E-state index contributed by atoms with van der Waals surface area (Å²) >= 11 is 0. The fraction of sp³-hybridized carbons (Fsp3) is 0.500. The van der Waals surface area contributed by atoms with Gasteiger partial charge in [0.15, 0.2) is 5.69 Å². The number of carbonyl (C=O) groups is 3. The van der Waals surface area contributed by atoms with E-state index in [1.165, 1.54) is 22.1 Å². The van der Waals surface area contributed by atoms with Crippen LogP contribution in [0, 0.1) is 6.92 Å². The fourth-order valence-electron chi connectivity index (χ4n) is 4.57. The summed E-state index contributed by atoms with van der Waals surface area (Å²) in [6, 6.07) is 9.07. The molecule has 1 fully saturated rings. The SMILES string of the molecule is CCOC(=O)c1cc2n(n1)C[C@@](C)(C(=O)NC1CCCCC1)N(c1ccc(C)cc1)C2=O. The number of hydrogen-bond acceptors (Lipinski definition) is 5. The summed E-state index contributed by atoms with van der Waals surface area (Å²) in [7, 11) is 0. The number of anilines is 1. The van der Waals surface area contributed by atoms with E-state index in [0.717, 1.165) is 31.2 Å². The van der Waals surface area contributed by atoms with Gasteiger partial charge in [-0.25, -0.2) is 4.79 Å². The Morgan fingerprint density at radius 3 is 2.53 bits per heavy atom. The number of rotatable bonds is 5. The maximum atomic E-state index is 13.6. The molecule has 8 nitrogen and oxygen atoms in total. The molecule has 0 saturated heterocycles. The Morgan fingerprint density at radius 2 is 1.88 bits per heavy atom. The van der Waals surface area contributed by atoms with E-state index in [9.17, 15) is 14.4 Å². The molecule has 0 bridgehead atoms. The number of nitrogens with zero attached hydrogens (tertiary/aromatic N) is 3. The molecule has 32 heavy (non-hydrogen) atoms. The van der Waals surface area contributed by atoms with E-state index in [0.29, 0.717) is 5.69 Å². The third-order valence-electron chi connectivity index (χ3n) is 6.36. The highest BCUT2D eigenvalue weighted by Crippen LogP contribution is 2.33. The lowest BCUT2D eigenvalue weighted by atomic mass is 9.91. The van der Waals surface area contributed by atoms with Crippen LogP contribution in [0.4, 0.5) is 5.69 Å². The molecule has 1 saturated carbocycles. The van der Waals surface area contributed by atoms with Gasteiger partial charge >= 0.3 is 5.97 Å². The van der Waals surface area contributed by atoms with E-state index < -0.39 is 11.5 Å². The molecular weight excluding hydrogens is 408 g/mol. The summed E-state index contributed by atoms with van der Waals surface area (Å²) in [6.07, 6.45) is 5.26. The molecule has 170 valence electrons. The molecule has 2 heterocycles. The summed E-state index contributed by atoms with van der Waals surface area (Å²) in [5.41, 5.74) is 0.815. The van der Waals surface area contributed by atoms with Gasteiger partial charge in [0, 0.05) is 17.8 Å². The van der Waals surface area contributed by atoms with Crippen LogP contribution in [0.1, 0.15) is 72.5 Å². The van der Waals surface area contributed by atoms with Crippen LogP contribution in [-0.4, -0.2) is 45.8 Å². The van der Waals surface area contributed by atoms with Gasteiger partial charge in [0.05, 0.1) is 13.2 Å². The zero-order valence-corrected chi connectivity index (χ0v) is 18.9. The van der Waals surface area contributed by atoms with Crippen molar-refractivity contribution in [3.05, 3.63) is 47.3 Å². The minimum absolute atomic E-state index is 0.0657. The summed E-state index contributed by atoms with van der Waals surface area (Å²) < 4.78 is 6.50. The molecule has 1 N–H and O–H groups in total. The van der Waals surface area contributed by atoms with Crippen molar-refractivity contribution in [3.63, 3.8) is 0 Å². The van der Waals surface area contributed by atoms with Crippen LogP contribution in [0.5, 0.6) is 0 Å². The third-order valence-corrected chi connectivity index (χ3v) is 6.36. The van der Waals surface area contributed by atoms with Gasteiger partial charge in [-0.3, -0.25) is 19.2 Å². The number of amides is 2. The maximum absolute atomic E-state index is 13.6. The smallest absolute Gasteiger partial charge is 0.358 e. The largest absolute Gasteiger partial charge is 0.461 e. The van der Waals surface area contributed by atoms with Crippen molar-refractivity contribution < 1.29 is 19.1 Å². The van der Waals surface area contributed by atoms with Gasteiger partial charge in [-0.05, 0) is 45.7 Å². The monoisotopic (exact) mass is 438 g/mol. The van der Waals surface area contributed by atoms with Gasteiger partial charge in [-0.2, -0.15) is 5.10 Å². The van der Waals surface area contributed by atoms with Crippen molar-refractivity contribution in [2.45, 2.75) is 71.0 Å². The third kappa shape index (κ3) is 4.01. The van der Waals surface area contributed by atoms with E-state index in [1.54, 1.807) is 13.8 Å². The molecule has 1 aliphatic carbocycles. The number of ether oxygens (including phenoxy) is 1. The van der Waals surface area contributed by atoms with Gasteiger partial charge in [-0.1, -0.05) is 37.0 Å². The van der Waals surface area contributed by atoms with E-state index in [4.69, 9.17) is 4.74 Å². The Balaban J connectivity index is 1.73. The summed E-state index contributed by atoms with van der Waals surface area (Å²) in [5, 5.41) is 7.48. The van der Waals surface area contributed by atoms with Crippen molar-refractivity contribution in [1.29, 1.82) is 0 Å².